The van der Waals surface area contributed by atoms with Crippen molar-refractivity contribution in [3.8, 4) is 11.3 Å². The van der Waals surface area contributed by atoms with Crippen LogP contribution in [0.2, 0.25) is 0 Å². The molecule has 1 amide bonds. The summed E-state index contributed by atoms with van der Waals surface area (Å²) in [5, 5.41) is 3.53. The number of amidine groups is 1. The number of carbonyl (C=O) groups excluding carboxylic acids is 1. The van der Waals surface area contributed by atoms with Gasteiger partial charge in [-0.1, -0.05) is 42.1 Å². The number of pyridine rings is 1. The SMILES string of the molecule is Cc1nc(-c2ccccc2)ccc1C(=O)NC1=NCCS1. The topological polar surface area (TPSA) is 54.4 Å². The molecule has 106 valence electrons. The van der Waals surface area contributed by atoms with E-state index < -0.39 is 0 Å². The van der Waals surface area contributed by atoms with Gasteiger partial charge in [0.2, 0.25) is 0 Å². The number of nitrogens with one attached hydrogen (secondary N) is 1. The van der Waals surface area contributed by atoms with Crippen molar-refractivity contribution in [3.05, 3.63) is 53.7 Å². The number of aryl methyl sites for hydroxylation is 1. The number of benzene rings is 1. The van der Waals surface area contributed by atoms with Gasteiger partial charge in [-0.25, -0.2) is 0 Å². The molecule has 1 aliphatic heterocycles. The highest BCUT2D eigenvalue weighted by Crippen LogP contribution is 2.19. The van der Waals surface area contributed by atoms with E-state index in [0.29, 0.717) is 10.7 Å². The standard InChI is InChI=1S/C16H15N3OS/c1-11-13(15(20)19-16-17-9-10-21-16)7-8-14(18-11)12-5-3-2-4-6-12/h2-8H,9-10H2,1H3,(H,17,19,20). The second-order valence-electron chi connectivity index (χ2n) is 4.68. The molecule has 1 N–H and O–H groups in total. The Morgan fingerprint density at radius 1 is 1.19 bits per heavy atom. The second-order valence-corrected chi connectivity index (χ2v) is 5.77. The highest BCUT2D eigenvalue weighted by molar-refractivity contribution is 8.14. The maximum atomic E-state index is 12.2. The zero-order valence-corrected chi connectivity index (χ0v) is 12.5. The first-order valence-electron chi connectivity index (χ1n) is 6.76. The first-order chi connectivity index (χ1) is 10.2. The van der Waals surface area contributed by atoms with E-state index in [-0.39, 0.29) is 5.91 Å². The summed E-state index contributed by atoms with van der Waals surface area (Å²) >= 11 is 1.57. The van der Waals surface area contributed by atoms with Crippen LogP contribution < -0.4 is 5.32 Å². The Morgan fingerprint density at radius 2 is 2.00 bits per heavy atom. The second kappa shape index (κ2) is 6.10. The molecule has 0 saturated carbocycles. The number of rotatable bonds is 2. The van der Waals surface area contributed by atoms with E-state index >= 15 is 0 Å². The van der Waals surface area contributed by atoms with E-state index in [1.807, 2.05) is 49.4 Å². The normalized spacial score (nSPS) is 13.9. The number of carbonyl (C=O) groups is 1. The molecule has 0 unspecified atom stereocenters. The molecule has 2 aromatic rings. The molecule has 0 saturated heterocycles. The smallest absolute Gasteiger partial charge is 0.259 e. The highest BCUT2D eigenvalue weighted by atomic mass is 32.2. The third kappa shape index (κ3) is 3.13. The number of amides is 1. The number of aliphatic imine (C=N–C) groups is 1. The van der Waals surface area contributed by atoms with Crippen molar-refractivity contribution in [1.82, 2.24) is 10.3 Å². The summed E-state index contributed by atoms with van der Waals surface area (Å²) in [4.78, 5) is 21.0. The molecule has 3 rings (SSSR count). The van der Waals surface area contributed by atoms with Crippen molar-refractivity contribution < 1.29 is 4.79 Å². The van der Waals surface area contributed by atoms with Gasteiger partial charge in [0.25, 0.3) is 5.91 Å². The third-order valence-corrected chi connectivity index (χ3v) is 4.10. The van der Waals surface area contributed by atoms with Crippen LogP contribution in [0.15, 0.2) is 47.5 Å². The summed E-state index contributed by atoms with van der Waals surface area (Å²) in [6.45, 7) is 2.62. The van der Waals surface area contributed by atoms with Gasteiger partial charge in [0.1, 0.15) is 0 Å². The van der Waals surface area contributed by atoms with E-state index in [1.54, 1.807) is 11.8 Å². The fourth-order valence-electron chi connectivity index (χ4n) is 2.15. The lowest BCUT2D eigenvalue weighted by Crippen LogP contribution is -2.28. The van der Waals surface area contributed by atoms with Gasteiger partial charge in [0.15, 0.2) is 5.17 Å². The minimum atomic E-state index is -0.146. The van der Waals surface area contributed by atoms with Gasteiger partial charge in [-0.2, -0.15) is 0 Å². The molecule has 0 aliphatic carbocycles. The van der Waals surface area contributed by atoms with Crippen LogP contribution in [-0.2, 0) is 0 Å². The fourth-order valence-corrected chi connectivity index (χ4v) is 2.87. The minimum Gasteiger partial charge on any atom is -0.301 e. The summed E-state index contributed by atoms with van der Waals surface area (Å²) in [6, 6.07) is 13.6. The van der Waals surface area contributed by atoms with Crippen LogP contribution in [0.5, 0.6) is 0 Å². The van der Waals surface area contributed by atoms with E-state index in [4.69, 9.17) is 0 Å². The molecule has 1 aromatic heterocycles. The molecule has 0 atom stereocenters. The predicted molar refractivity (Wildman–Crippen MR) is 86.6 cm³/mol. The molecule has 1 aromatic carbocycles. The first kappa shape index (κ1) is 13.8. The van der Waals surface area contributed by atoms with E-state index in [1.165, 1.54) is 0 Å². The van der Waals surface area contributed by atoms with Crippen molar-refractivity contribution in [2.24, 2.45) is 4.99 Å². The first-order valence-corrected chi connectivity index (χ1v) is 7.74. The van der Waals surface area contributed by atoms with E-state index in [0.717, 1.165) is 29.2 Å². The molecule has 1 aliphatic rings. The average molecular weight is 297 g/mol. The van der Waals surface area contributed by atoms with Gasteiger partial charge in [-0.05, 0) is 19.1 Å². The molecule has 21 heavy (non-hydrogen) atoms. The predicted octanol–water partition coefficient (Wildman–Crippen LogP) is 2.89. The van der Waals surface area contributed by atoms with Gasteiger partial charge >= 0.3 is 0 Å². The summed E-state index contributed by atoms with van der Waals surface area (Å²) in [5.74, 6) is 0.785. The molecule has 2 heterocycles. The summed E-state index contributed by atoms with van der Waals surface area (Å²) in [5.41, 5.74) is 3.22. The van der Waals surface area contributed by atoms with Gasteiger partial charge in [0.05, 0.1) is 23.5 Å². The zero-order valence-electron chi connectivity index (χ0n) is 11.7. The zero-order chi connectivity index (χ0) is 14.7. The van der Waals surface area contributed by atoms with Gasteiger partial charge in [-0.15, -0.1) is 0 Å². The molecular formula is C16H15N3OS. The molecular weight excluding hydrogens is 282 g/mol. The summed E-state index contributed by atoms with van der Waals surface area (Å²) in [6.07, 6.45) is 0. The molecule has 0 radical (unpaired) electrons. The Balaban J connectivity index is 1.82. The molecule has 0 spiro atoms. The number of hydrogen-bond acceptors (Lipinski definition) is 4. The fraction of sp³-hybridized carbons (Fsp3) is 0.188. The van der Waals surface area contributed by atoms with Gasteiger partial charge in [0, 0.05) is 11.3 Å². The van der Waals surface area contributed by atoms with Crippen LogP contribution >= 0.6 is 11.8 Å². The Hall–Kier alpha value is -2.14. The minimum absolute atomic E-state index is 0.146. The Morgan fingerprint density at radius 3 is 2.67 bits per heavy atom. The van der Waals surface area contributed by atoms with Gasteiger partial charge in [-0.3, -0.25) is 14.8 Å². The van der Waals surface area contributed by atoms with Crippen LogP contribution in [0.4, 0.5) is 0 Å². The lowest BCUT2D eigenvalue weighted by molar-refractivity contribution is 0.0977. The molecule has 0 fully saturated rings. The van der Waals surface area contributed by atoms with Crippen LogP contribution in [0, 0.1) is 6.92 Å². The molecule has 5 heteroatoms. The van der Waals surface area contributed by atoms with Crippen LogP contribution in [-0.4, -0.2) is 28.4 Å². The van der Waals surface area contributed by atoms with Crippen molar-refractivity contribution >= 4 is 22.8 Å². The Bertz CT molecular complexity index is 698. The Kier molecular flexibility index (Phi) is 4.01. The maximum Gasteiger partial charge on any atom is 0.259 e. The number of thioether (sulfide) groups is 1. The van der Waals surface area contributed by atoms with E-state index in [9.17, 15) is 4.79 Å². The molecule has 0 bridgehead atoms. The summed E-state index contributed by atoms with van der Waals surface area (Å²) < 4.78 is 0. The van der Waals surface area contributed by atoms with Crippen LogP contribution in [0.3, 0.4) is 0 Å². The van der Waals surface area contributed by atoms with Gasteiger partial charge < -0.3 is 5.32 Å². The number of hydrogen-bond donors (Lipinski definition) is 1. The van der Waals surface area contributed by atoms with Crippen LogP contribution in [0.1, 0.15) is 16.1 Å². The largest absolute Gasteiger partial charge is 0.301 e. The lowest BCUT2D eigenvalue weighted by Gasteiger charge is -2.08. The maximum absolute atomic E-state index is 12.2. The average Bonchev–Trinajstić information content (AvgIpc) is 3.01. The summed E-state index contributed by atoms with van der Waals surface area (Å²) in [7, 11) is 0. The lowest BCUT2D eigenvalue weighted by atomic mass is 10.1. The monoisotopic (exact) mass is 297 g/mol. The molecule has 4 nitrogen and oxygen atoms in total. The number of aromatic nitrogens is 1. The van der Waals surface area contributed by atoms with Crippen molar-refractivity contribution in [3.63, 3.8) is 0 Å². The quantitative estimate of drug-likeness (QED) is 0.927. The van der Waals surface area contributed by atoms with E-state index in [2.05, 4.69) is 15.3 Å². The van der Waals surface area contributed by atoms with Crippen molar-refractivity contribution in [1.29, 1.82) is 0 Å². The van der Waals surface area contributed by atoms with Crippen molar-refractivity contribution in [2.45, 2.75) is 6.92 Å². The number of nitrogens with zero attached hydrogens (tertiary/aromatic N) is 2. The van der Waals surface area contributed by atoms with Crippen molar-refractivity contribution in [2.75, 3.05) is 12.3 Å². The highest BCUT2D eigenvalue weighted by Gasteiger charge is 2.15. The Labute approximate surface area is 127 Å². The van der Waals surface area contributed by atoms with Crippen LogP contribution in [0.25, 0.3) is 11.3 Å². The third-order valence-electron chi connectivity index (χ3n) is 3.21.